The van der Waals surface area contributed by atoms with Crippen LogP contribution in [0.25, 0.3) is 11.0 Å². The van der Waals surface area contributed by atoms with Crippen LogP contribution in [0.5, 0.6) is 0 Å². The summed E-state index contributed by atoms with van der Waals surface area (Å²) < 4.78 is 6.32. The Morgan fingerprint density at radius 2 is 2.21 bits per heavy atom. The van der Waals surface area contributed by atoms with E-state index in [4.69, 9.17) is 21.1 Å². The van der Waals surface area contributed by atoms with E-state index in [2.05, 4.69) is 15.9 Å². The first-order valence-electron chi connectivity index (χ1n) is 4.11. The molecule has 0 atom stereocenters. The molecule has 0 saturated carbocycles. The van der Waals surface area contributed by atoms with Gasteiger partial charge in [-0.1, -0.05) is 11.6 Å². The number of hydrogen-bond acceptors (Lipinski definition) is 2. The molecule has 2 nitrogen and oxygen atoms in total. The van der Waals surface area contributed by atoms with Crippen molar-refractivity contribution in [2.45, 2.75) is 13.5 Å². The number of aliphatic hydroxyl groups excluding tert-OH is 1. The van der Waals surface area contributed by atoms with Gasteiger partial charge >= 0.3 is 0 Å². The van der Waals surface area contributed by atoms with Gasteiger partial charge in [0.15, 0.2) is 0 Å². The molecular weight excluding hydrogens is 267 g/mol. The van der Waals surface area contributed by atoms with Gasteiger partial charge in [-0.2, -0.15) is 0 Å². The van der Waals surface area contributed by atoms with Crippen molar-refractivity contribution in [3.8, 4) is 0 Å². The maximum atomic E-state index is 9.17. The van der Waals surface area contributed by atoms with Crippen LogP contribution in [0.4, 0.5) is 0 Å². The second-order valence-corrected chi connectivity index (χ2v) is 4.35. The number of rotatable bonds is 1. The second-order valence-electron chi connectivity index (χ2n) is 3.06. The van der Waals surface area contributed by atoms with Gasteiger partial charge in [0, 0.05) is 16.0 Å². The van der Waals surface area contributed by atoms with Gasteiger partial charge in [-0.3, -0.25) is 0 Å². The third kappa shape index (κ3) is 1.45. The molecule has 1 N–H and O–H groups in total. The van der Waals surface area contributed by atoms with Crippen molar-refractivity contribution < 1.29 is 9.52 Å². The van der Waals surface area contributed by atoms with Crippen LogP contribution in [0.15, 0.2) is 21.0 Å². The molecule has 0 aliphatic rings. The Bertz CT molecular complexity index is 490. The van der Waals surface area contributed by atoms with Crippen molar-refractivity contribution in [3.05, 3.63) is 33.0 Å². The lowest BCUT2D eigenvalue weighted by Gasteiger charge is -1.95. The third-order valence-electron chi connectivity index (χ3n) is 2.17. The minimum atomic E-state index is -0.0361. The van der Waals surface area contributed by atoms with Crippen LogP contribution in [-0.2, 0) is 6.61 Å². The van der Waals surface area contributed by atoms with Gasteiger partial charge in [-0.25, -0.2) is 0 Å². The van der Waals surface area contributed by atoms with Gasteiger partial charge in [0.05, 0.1) is 11.1 Å². The molecule has 0 spiro atoms. The van der Waals surface area contributed by atoms with Crippen molar-refractivity contribution in [1.82, 2.24) is 0 Å². The third-order valence-corrected chi connectivity index (χ3v) is 2.98. The number of aryl methyl sites for hydroxylation is 1. The van der Waals surface area contributed by atoms with Crippen LogP contribution in [0, 0.1) is 6.92 Å². The molecule has 0 fully saturated rings. The molecule has 0 bridgehead atoms. The summed E-state index contributed by atoms with van der Waals surface area (Å²) in [6.07, 6.45) is 0. The molecule has 1 heterocycles. The average molecular weight is 276 g/mol. The van der Waals surface area contributed by atoms with Crippen LogP contribution in [0.2, 0.25) is 5.02 Å². The van der Waals surface area contributed by atoms with Crippen molar-refractivity contribution in [1.29, 1.82) is 0 Å². The topological polar surface area (TPSA) is 33.4 Å². The molecule has 1 aromatic carbocycles. The fourth-order valence-electron chi connectivity index (χ4n) is 1.49. The normalized spacial score (nSPS) is 11.1. The first-order valence-corrected chi connectivity index (χ1v) is 5.28. The van der Waals surface area contributed by atoms with E-state index in [1.807, 2.05) is 6.92 Å². The summed E-state index contributed by atoms with van der Waals surface area (Å²) in [7, 11) is 0. The molecule has 2 rings (SSSR count). The van der Waals surface area contributed by atoms with Crippen LogP contribution >= 0.6 is 27.5 Å². The maximum absolute atomic E-state index is 9.17. The summed E-state index contributed by atoms with van der Waals surface area (Å²) in [5, 5.41) is 10.7. The lowest BCUT2D eigenvalue weighted by Crippen LogP contribution is -1.82. The minimum Gasteiger partial charge on any atom is -0.460 e. The fourth-order valence-corrected chi connectivity index (χ4v) is 2.38. The lowest BCUT2D eigenvalue weighted by molar-refractivity contribution is 0.280. The highest BCUT2D eigenvalue weighted by atomic mass is 79.9. The zero-order valence-corrected chi connectivity index (χ0v) is 9.82. The van der Waals surface area contributed by atoms with E-state index >= 15 is 0 Å². The van der Waals surface area contributed by atoms with Crippen molar-refractivity contribution in [3.63, 3.8) is 0 Å². The second kappa shape index (κ2) is 3.57. The van der Waals surface area contributed by atoms with E-state index in [0.29, 0.717) is 5.02 Å². The van der Waals surface area contributed by atoms with E-state index in [1.165, 1.54) is 0 Å². The predicted molar refractivity (Wildman–Crippen MR) is 59.6 cm³/mol. The molecule has 0 saturated heterocycles. The number of halogens is 2. The molecule has 0 aliphatic carbocycles. The van der Waals surface area contributed by atoms with E-state index in [-0.39, 0.29) is 6.61 Å². The van der Waals surface area contributed by atoms with Gasteiger partial charge in [0.1, 0.15) is 11.3 Å². The number of benzene rings is 1. The van der Waals surface area contributed by atoms with Crippen LogP contribution in [0.1, 0.15) is 11.3 Å². The molecule has 0 amide bonds. The van der Waals surface area contributed by atoms with Crippen molar-refractivity contribution >= 4 is 38.5 Å². The first-order chi connectivity index (χ1) is 6.63. The summed E-state index contributed by atoms with van der Waals surface area (Å²) in [5.41, 5.74) is 1.53. The highest BCUT2D eigenvalue weighted by Gasteiger charge is 2.13. The summed E-state index contributed by atoms with van der Waals surface area (Å²) in [5.74, 6) is 0.727. The molecule has 0 radical (unpaired) electrons. The summed E-state index contributed by atoms with van der Waals surface area (Å²) in [6.45, 7) is 1.79. The highest BCUT2D eigenvalue weighted by molar-refractivity contribution is 9.10. The smallest absolute Gasteiger partial charge is 0.148 e. The van der Waals surface area contributed by atoms with Gasteiger partial charge in [0.25, 0.3) is 0 Å². The standard InChI is InChI=1S/C10H8BrClO2/c1-5-8(4-13)7-2-6(12)3-9(11)10(7)14-5/h2-3,13H,4H2,1H3. The molecular formula is C10H8BrClO2. The van der Waals surface area contributed by atoms with Crippen molar-refractivity contribution in [2.75, 3.05) is 0 Å². The molecule has 2 aromatic rings. The van der Waals surface area contributed by atoms with Crippen LogP contribution in [0.3, 0.4) is 0 Å². The number of aliphatic hydroxyl groups is 1. The number of hydrogen-bond donors (Lipinski definition) is 1. The summed E-state index contributed by atoms with van der Waals surface area (Å²) in [6, 6.07) is 3.57. The Hall–Kier alpha value is -0.510. The van der Waals surface area contributed by atoms with Gasteiger partial charge < -0.3 is 9.52 Å². The zero-order chi connectivity index (χ0) is 10.3. The van der Waals surface area contributed by atoms with Gasteiger partial charge in [-0.05, 0) is 35.0 Å². The first kappa shape index (κ1) is 10.0. The Morgan fingerprint density at radius 1 is 1.50 bits per heavy atom. The number of fused-ring (bicyclic) bond motifs is 1. The molecule has 4 heteroatoms. The van der Waals surface area contributed by atoms with E-state index in [9.17, 15) is 0 Å². The molecule has 0 unspecified atom stereocenters. The van der Waals surface area contributed by atoms with E-state index in [0.717, 1.165) is 26.8 Å². The average Bonchev–Trinajstić information content (AvgIpc) is 2.41. The van der Waals surface area contributed by atoms with Crippen molar-refractivity contribution in [2.24, 2.45) is 0 Å². The Morgan fingerprint density at radius 3 is 2.86 bits per heavy atom. The molecule has 14 heavy (non-hydrogen) atoms. The Balaban J connectivity index is 2.87. The van der Waals surface area contributed by atoms with E-state index < -0.39 is 0 Å². The monoisotopic (exact) mass is 274 g/mol. The number of furan rings is 1. The summed E-state index contributed by atoms with van der Waals surface area (Å²) in [4.78, 5) is 0. The van der Waals surface area contributed by atoms with Crippen LogP contribution < -0.4 is 0 Å². The maximum Gasteiger partial charge on any atom is 0.148 e. The zero-order valence-electron chi connectivity index (χ0n) is 7.47. The quantitative estimate of drug-likeness (QED) is 0.862. The largest absolute Gasteiger partial charge is 0.460 e. The Labute approximate surface area is 94.6 Å². The predicted octanol–water partition coefficient (Wildman–Crippen LogP) is 3.65. The summed E-state index contributed by atoms with van der Waals surface area (Å²) >= 11 is 9.27. The Kier molecular flexibility index (Phi) is 2.56. The van der Waals surface area contributed by atoms with Crippen LogP contribution in [-0.4, -0.2) is 5.11 Å². The van der Waals surface area contributed by atoms with Gasteiger partial charge in [0.2, 0.25) is 0 Å². The minimum absolute atomic E-state index is 0.0361. The highest BCUT2D eigenvalue weighted by Crippen LogP contribution is 2.33. The molecule has 74 valence electrons. The lowest BCUT2D eigenvalue weighted by atomic mass is 10.1. The van der Waals surface area contributed by atoms with Gasteiger partial charge in [-0.15, -0.1) is 0 Å². The van der Waals surface area contributed by atoms with E-state index in [1.54, 1.807) is 12.1 Å². The fraction of sp³-hybridized carbons (Fsp3) is 0.200. The molecule has 0 aliphatic heterocycles. The SMILES string of the molecule is Cc1oc2c(Br)cc(Cl)cc2c1CO. The molecule has 1 aromatic heterocycles.